The number of hydrogen-bond acceptors (Lipinski definition) is 6. The second-order valence-corrected chi connectivity index (χ2v) is 6.12. The smallest absolute Gasteiger partial charge is 0.158 e. The maximum atomic E-state index is 5.39. The molecule has 2 aromatic heterocycles. The Kier molecular flexibility index (Phi) is 6.41. The van der Waals surface area contributed by atoms with Gasteiger partial charge in [-0.25, -0.2) is 9.97 Å². The van der Waals surface area contributed by atoms with Crippen LogP contribution < -0.4 is 10.6 Å². The van der Waals surface area contributed by atoms with Crippen molar-refractivity contribution in [1.29, 1.82) is 0 Å². The van der Waals surface area contributed by atoms with Gasteiger partial charge >= 0.3 is 0 Å². The highest BCUT2D eigenvalue weighted by molar-refractivity contribution is 9.10. The molecule has 0 spiro atoms. The second-order valence-electron chi connectivity index (χ2n) is 4.27. The summed E-state index contributed by atoms with van der Waals surface area (Å²) in [4.78, 5) is 10.2. The molecule has 7 heteroatoms. The van der Waals surface area contributed by atoms with Gasteiger partial charge in [0.15, 0.2) is 5.82 Å². The van der Waals surface area contributed by atoms with Crippen LogP contribution in [0, 0.1) is 0 Å². The standard InChI is InChI=1S/C14H19BrN4OS/c1-3-16-12-7-13(19-14(18-12)9-20-4-2)17-8-11-10(15)5-6-21-11/h5-7H,3-4,8-9H2,1-2H3,(H2,16,17,18,19). The molecule has 0 bridgehead atoms. The van der Waals surface area contributed by atoms with Gasteiger partial charge in [0.25, 0.3) is 0 Å². The monoisotopic (exact) mass is 370 g/mol. The van der Waals surface area contributed by atoms with Gasteiger partial charge in [-0.05, 0) is 41.2 Å². The zero-order valence-electron chi connectivity index (χ0n) is 12.1. The Morgan fingerprint density at radius 1 is 1.24 bits per heavy atom. The third-order valence-electron chi connectivity index (χ3n) is 2.69. The van der Waals surface area contributed by atoms with E-state index >= 15 is 0 Å². The van der Waals surface area contributed by atoms with E-state index in [9.17, 15) is 0 Å². The number of rotatable bonds is 8. The van der Waals surface area contributed by atoms with Gasteiger partial charge in [-0.1, -0.05) is 0 Å². The maximum absolute atomic E-state index is 5.39. The van der Waals surface area contributed by atoms with Crippen molar-refractivity contribution in [2.24, 2.45) is 0 Å². The molecule has 0 aliphatic rings. The van der Waals surface area contributed by atoms with Crippen LogP contribution in [0.2, 0.25) is 0 Å². The fraction of sp³-hybridized carbons (Fsp3) is 0.429. The second kappa shape index (κ2) is 8.31. The van der Waals surface area contributed by atoms with Gasteiger partial charge < -0.3 is 15.4 Å². The van der Waals surface area contributed by atoms with Crippen molar-refractivity contribution in [2.75, 3.05) is 23.8 Å². The lowest BCUT2D eigenvalue weighted by atomic mass is 10.4. The number of aromatic nitrogens is 2. The van der Waals surface area contributed by atoms with Crippen molar-refractivity contribution in [3.8, 4) is 0 Å². The van der Waals surface area contributed by atoms with Crippen LogP contribution in [0.15, 0.2) is 22.0 Å². The molecule has 0 aliphatic heterocycles. The highest BCUT2D eigenvalue weighted by Gasteiger charge is 2.06. The van der Waals surface area contributed by atoms with Crippen molar-refractivity contribution < 1.29 is 4.74 Å². The van der Waals surface area contributed by atoms with Crippen LogP contribution in [0.5, 0.6) is 0 Å². The first-order valence-corrected chi connectivity index (χ1v) is 8.55. The number of nitrogens with zero attached hydrogens (tertiary/aromatic N) is 2. The third-order valence-corrected chi connectivity index (χ3v) is 4.61. The van der Waals surface area contributed by atoms with Crippen LogP contribution in [0.3, 0.4) is 0 Å². The lowest BCUT2D eigenvalue weighted by Gasteiger charge is -2.10. The summed E-state index contributed by atoms with van der Waals surface area (Å²) in [7, 11) is 0. The Morgan fingerprint density at radius 2 is 2.00 bits per heavy atom. The zero-order chi connectivity index (χ0) is 15.1. The van der Waals surface area contributed by atoms with E-state index in [1.807, 2.05) is 26.0 Å². The normalized spacial score (nSPS) is 10.6. The molecule has 0 unspecified atom stereocenters. The van der Waals surface area contributed by atoms with Gasteiger partial charge in [0.05, 0.1) is 6.54 Å². The first-order valence-electron chi connectivity index (χ1n) is 6.88. The average molecular weight is 371 g/mol. The van der Waals surface area contributed by atoms with Gasteiger partial charge in [0, 0.05) is 28.6 Å². The van der Waals surface area contributed by atoms with Gasteiger partial charge in [-0.3, -0.25) is 0 Å². The Labute approximate surface area is 137 Å². The molecule has 2 N–H and O–H groups in total. The van der Waals surface area contributed by atoms with Crippen LogP contribution in [0.1, 0.15) is 24.5 Å². The van der Waals surface area contributed by atoms with Crippen molar-refractivity contribution >= 4 is 38.9 Å². The number of hydrogen-bond donors (Lipinski definition) is 2. The lowest BCUT2D eigenvalue weighted by Crippen LogP contribution is -2.09. The number of thiophene rings is 1. The molecular weight excluding hydrogens is 352 g/mol. The molecule has 114 valence electrons. The number of ether oxygens (including phenoxy) is 1. The van der Waals surface area contributed by atoms with Crippen molar-refractivity contribution in [3.63, 3.8) is 0 Å². The summed E-state index contributed by atoms with van der Waals surface area (Å²) in [5, 5.41) is 8.61. The van der Waals surface area contributed by atoms with E-state index in [4.69, 9.17) is 4.74 Å². The summed E-state index contributed by atoms with van der Waals surface area (Å²) < 4.78 is 6.51. The first kappa shape index (κ1) is 16.2. The van der Waals surface area contributed by atoms with E-state index in [2.05, 4.69) is 41.9 Å². The maximum Gasteiger partial charge on any atom is 0.158 e. The minimum atomic E-state index is 0.424. The summed E-state index contributed by atoms with van der Waals surface area (Å²) in [6.45, 7) is 6.63. The highest BCUT2D eigenvalue weighted by Crippen LogP contribution is 2.23. The molecule has 0 saturated heterocycles. The summed E-state index contributed by atoms with van der Waals surface area (Å²) in [5.41, 5.74) is 0. The first-order chi connectivity index (χ1) is 10.2. The van der Waals surface area contributed by atoms with Crippen LogP contribution in [-0.4, -0.2) is 23.1 Å². The van der Waals surface area contributed by atoms with E-state index in [0.717, 1.165) is 29.2 Å². The minimum absolute atomic E-state index is 0.424. The van der Waals surface area contributed by atoms with E-state index in [0.29, 0.717) is 19.0 Å². The molecule has 0 amide bonds. The Bertz CT molecular complexity index is 576. The molecule has 2 heterocycles. The Balaban J connectivity index is 2.09. The number of anilines is 2. The van der Waals surface area contributed by atoms with Crippen molar-refractivity contribution in [1.82, 2.24) is 9.97 Å². The predicted octanol–water partition coefficient (Wildman–Crippen LogP) is 3.88. The lowest BCUT2D eigenvalue weighted by molar-refractivity contribution is 0.128. The topological polar surface area (TPSA) is 59.1 Å². The molecule has 0 atom stereocenters. The fourth-order valence-corrected chi connectivity index (χ4v) is 3.17. The van der Waals surface area contributed by atoms with Crippen molar-refractivity contribution in [2.45, 2.75) is 27.0 Å². The molecule has 0 aliphatic carbocycles. The van der Waals surface area contributed by atoms with Crippen LogP contribution in [0.25, 0.3) is 0 Å². The van der Waals surface area contributed by atoms with E-state index in [-0.39, 0.29) is 0 Å². The number of nitrogens with one attached hydrogen (secondary N) is 2. The molecule has 21 heavy (non-hydrogen) atoms. The van der Waals surface area contributed by atoms with Gasteiger partial charge in [0.2, 0.25) is 0 Å². The molecule has 0 radical (unpaired) electrons. The largest absolute Gasteiger partial charge is 0.374 e. The fourth-order valence-electron chi connectivity index (χ4n) is 1.74. The Morgan fingerprint density at radius 3 is 2.62 bits per heavy atom. The summed E-state index contributed by atoms with van der Waals surface area (Å²) in [5.74, 6) is 2.30. The van der Waals surface area contributed by atoms with Crippen LogP contribution in [0.4, 0.5) is 11.6 Å². The molecule has 2 aromatic rings. The molecule has 2 rings (SSSR count). The summed E-state index contributed by atoms with van der Waals surface area (Å²) in [6.07, 6.45) is 0. The Hall–Kier alpha value is -1.18. The molecule has 0 aromatic carbocycles. The van der Waals surface area contributed by atoms with Gasteiger partial charge in [0.1, 0.15) is 18.2 Å². The van der Waals surface area contributed by atoms with Crippen molar-refractivity contribution in [3.05, 3.63) is 32.7 Å². The predicted molar refractivity (Wildman–Crippen MR) is 90.9 cm³/mol. The zero-order valence-corrected chi connectivity index (χ0v) is 14.6. The van der Waals surface area contributed by atoms with Gasteiger partial charge in [-0.15, -0.1) is 11.3 Å². The highest BCUT2D eigenvalue weighted by atomic mass is 79.9. The van der Waals surface area contributed by atoms with E-state index in [1.54, 1.807) is 11.3 Å². The van der Waals surface area contributed by atoms with E-state index in [1.165, 1.54) is 4.88 Å². The number of halogens is 1. The summed E-state index contributed by atoms with van der Waals surface area (Å²) >= 11 is 5.24. The molecular formula is C14H19BrN4OS. The molecule has 0 saturated carbocycles. The van der Waals surface area contributed by atoms with Gasteiger partial charge in [-0.2, -0.15) is 0 Å². The molecule has 0 fully saturated rings. The minimum Gasteiger partial charge on any atom is -0.374 e. The summed E-state index contributed by atoms with van der Waals surface area (Å²) in [6, 6.07) is 3.96. The quantitative estimate of drug-likeness (QED) is 0.738. The van der Waals surface area contributed by atoms with Crippen LogP contribution in [-0.2, 0) is 17.9 Å². The van der Waals surface area contributed by atoms with Crippen LogP contribution >= 0.6 is 27.3 Å². The van der Waals surface area contributed by atoms with E-state index < -0.39 is 0 Å². The third kappa shape index (κ3) is 4.94. The SMILES string of the molecule is CCNc1cc(NCc2sccc2Br)nc(COCC)n1. The molecule has 5 nitrogen and oxygen atoms in total. The average Bonchev–Trinajstić information content (AvgIpc) is 2.88.